The fourth-order valence-electron chi connectivity index (χ4n) is 3.70. The molecule has 1 saturated carbocycles. The van der Waals surface area contributed by atoms with Crippen molar-refractivity contribution in [3.63, 3.8) is 0 Å². The lowest BCUT2D eigenvalue weighted by Gasteiger charge is -2.33. The molecule has 3 heteroatoms. The number of nitrogens with one attached hydrogen (secondary N) is 1. The van der Waals surface area contributed by atoms with Crippen LogP contribution >= 0.6 is 0 Å². The van der Waals surface area contributed by atoms with Crippen molar-refractivity contribution in [3.8, 4) is 0 Å². The largest absolute Gasteiger partial charge is 0.367 e. The summed E-state index contributed by atoms with van der Waals surface area (Å²) in [4.78, 5) is 7.23. The molecule has 3 rings (SSSR count). The van der Waals surface area contributed by atoms with Crippen LogP contribution < -0.4 is 10.2 Å². The molecule has 1 aliphatic carbocycles. The van der Waals surface area contributed by atoms with E-state index in [9.17, 15) is 0 Å². The highest BCUT2D eigenvalue weighted by molar-refractivity contribution is 5.47. The molecule has 0 bridgehead atoms. The van der Waals surface area contributed by atoms with E-state index in [4.69, 9.17) is 0 Å². The minimum atomic E-state index is 0.329. The Morgan fingerprint density at radius 3 is 2.84 bits per heavy atom. The van der Waals surface area contributed by atoms with Crippen molar-refractivity contribution in [1.29, 1.82) is 0 Å². The van der Waals surface area contributed by atoms with Gasteiger partial charge in [-0.15, -0.1) is 0 Å². The van der Waals surface area contributed by atoms with Crippen LogP contribution in [0.4, 0.5) is 5.69 Å². The number of aromatic nitrogens is 1. The Kier molecular flexibility index (Phi) is 3.74. The van der Waals surface area contributed by atoms with Gasteiger partial charge in [-0.2, -0.15) is 0 Å². The summed E-state index contributed by atoms with van der Waals surface area (Å²) in [5.41, 5.74) is 2.45. The summed E-state index contributed by atoms with van der Waals surface area (Å²) < 4.78 is 0. The number of pyridine rings is 1. The molecular formula is C16H25N3. The first-order valence-electron chi connectivity index (χ1n) is 7.69. The number of anilines is 1. The maximum atomic E-state index is 4.63. The molecule has 1 saturated heterocycles. The van der Waals surface area contributed by atoms with E-state index in [1.54, 1.807) is 0 Å². The Hall–Kier alpha value is -1.09. The molecule has 1 N–H and O–H groups in total. The quantitative estimate of drug-likeness (QED) is 0.904. The van der Waals surface area contributed by atoms with E-state index in [1.807, 2.05) is 7.05 Å². The predicted molar refractivity (Wildman–Crippen MR) is 79.4 cm³/mol. The summed E-state index contributed by atoms with van der Waals surface area (Å²) >= 11 is 0. The van der Waals surface area contributed by atoms with Gasteiger partial charge in [-0.1, -0.05) is 12.8 Å². The molecular weight excluding hydrogens is 234 g/mol. The van der Waals surface area contributed by atoms with Crippen LogP contribution in [0.25, 0.3) is 0 Å². The van der Waals surface area contributed by atoms with Gasteiger partial charge in [0.15, 0.2) is 0 Å². The number of fused-ring (bicyclic) bond motifs is 1. The average Bonchev–Trinajstić information content (AvgIpc) is 2.90. The van der Waals surface area contributed by atoms with E-state index < -0.39 is 0 Å². The molecule has 2 heterocycles. The Morgan fingerprint density at radius 1 is 1.26 bits per heavy atom. The van der Waals surface area contributed by atoms with Gasteiger partial charge in [0, 0.05) is 18.6 Å². The Bertz CT molecular complexity index is 415. The Morgan fingerprint density at radius 2 is 2.11 bits per heavy atom. The third-order valence-corrected chi connectivity index (χ3v) is 4.99. The number of nitrogens with zero attached hydrogens (tertiary/aromatic N) is 2. The van der Waals surface area contributed by atoms with Crippen LogP contribution in [-0.4, -0.2) is 24.6 Å². The lowest BCUT2D eigenvalue weighted by Crippen LogP contribution is -2.34. The Labute approximate surface area is 116 Å². The number of rotatable bonds is 3. The van der Waals surface area contributed by atoms with Gasteiger partial charge < -0.3 is 10.2 Å². The van der Waals surface area contributed by atoms with Gasteiger partial charge in [0.1, 0.15) is 0 Å². The molecule has 0 aromatic carbocycles. The van der Waals surface area contributed by atoms with Crippen molar-refractivity contribution in [2.75, 3.05) is 18.5 Å². The summed E-state index contributed by atoms with van der Waals surface area (Å²) in [5.74, 6) is 0.935. The van der Waals surface area contributed by atoms with E-state index in [2.05, 4.69) is 40.5 Å². The SMILES string of the molecule is CNC(C)c1ccc(N2CCC3CCCCC32)cn1. The second-order valence-electron chi connectivity index (χ2n) is 6.05. The average molecular weight is 259 g/mol. The molecule has 0 spiro atoms. The molecule has 1 aromatic heterocycles. The first-order chi connectivity index (χ1) is 9.29. The zero-order valence-electron chi connectivity index (χ0n) is 12.1. The molecule has 1 aromatic rings. The third-order valence-electron chi connectivity index (χ3n) is 4.99. The number of hydrogen-bond donors (Lipinski definition) is 1. The summed E-state index contributed by atoms with van der Waals surface area (Å²) in [5, 5.41) is 3.24. The highest BCUT2D eigenvalue weighted by Crippen LogP contribution is 2.38. The predicted octanol–water partition coefficient (Wildman–Crippen LogP) is 3.13. The second kappa shape index (κ2) is 5.49. The van der Waals surface area contributed by atoms with Crippen LogP contribution in [0.15, 0.2) is 18.3 Å². The summed E-state index contributed by atoms with van der Waals surface area (Å²) in [6, 6.07) is 5.54. The molecule has 2 aliphatic rings. The highest BCUT2D eigenvalue weighted by atomic mass is 15.2. The van der Waals surface area contributed by atoms with E-state index in [0.29, 0.717) is 6.04 Å². The Balaban J connectivity index is 1.75. The highest BCUT2D eigenvalue weighted by Gasteiger charge is 2.35. The minimum absolute atomic E-state index is 0.329. The molecule has 0 amide bonds. The third kappa shape index (κ3) is 2.48. The topological polar surface area (TPSA) is 28.2 Å². The van der Waals surface area contributed by atoms with Crippen molar-refractivity contribution in [2.24, 2.45) is 5.92 Å². The van der Waals surface area contributed by atoms with E-state index in [1.165, 1.54) is 44.3 Å². The van der Waals surface area contributed by atoms with Gasteiger partial charge in [-0.3, -0.25) is 4.98 Å². The summed E-state index contributed by atoms with van der Waals surface area (Å²) in [7, 11) is 1.98. The van der Waals surface area contributed by atoms with Gasteiger partial charge in [0.05, 0.1) is 17.6 Å². The molecule has 19 heavy (non-hydrogen) atoms. The van der Waals surface area contributed by atoms with Gasteiger partial charge >= 0.3 is 0 Å². The molecule has 1 aliphatic heterocycles. The standard InChI is InChI=1S/C16H25N3/c1-12(17-2)15-8-7-14(11-18-15)19-10-9-13-5-3-4-6-16(13)19/h7-8,11-13,16-17H,3-6,9-10H2,1-2H3. The van der Waals surface area contributed by atoms with Gasteiger partial charge in [-0.25, -0.2) is 0 Å². The van der Waals surface area contributed by atoms with Crippen LogP contribution in [0.5, 0.6) is 0 Å². The van der Waals surface area contributed by atoms with Crippen LogP contribution in [0.1, 0.15) is 50.8 Å². The van der Waals surface area contributed by atoms with Crippen LogP contribution in [-0.2, 0) is 0 Å². The second-order valence-corrected chi connectivity index (χ2v) is 6.05. The van der Waals surface area contributed by atoms with Crippen LogP contribution in [0, 0.1) is 5.92 Å². The summed E-state index contributed by atoms with van der Waals surface area (Å²) in [6.45, 7) is 3.37. The maximum Gasteiger partial charge on any atom is 0.0571 e. The zero-order chi connectivity index (χ0) is 13.2. The van der Waals surface area contributed by atoms with Crippen molar-refractivity contribution in [2.45, 2.75) is 51.1 Å². The molecule has 3 atom stereocenters. The smallest absolute Gasteiger partial charge is 0.0571 e. The van der Waals surface area contributed by atoms with Gasteiger partial charge in [-0.05, 0) is 51.3 Å². The normalized spacial score (nSPS) is 28.2. The molecule has 0 radical (unpaired) electrons. The van der Waals surface area contributed by atoms with E-state index >= 15 is 0 Å². The van der Waals surface area contributed by atoms with Crippen molar-refractivity contribution >= 4 is 5.69 Å². The zero-order valence-corrected chi connectivity index (χ0v) is 12.1. The van der Waals surface area contributed by atoms with Crippen LogP contribution in [0.2, 0.25) is 0 Å². The van der Waals surface area contributed by atoms with E-state index in [0.717, 1.165) is 17.7 Å². The fraction of sp³-hybridized carbons (Fsp3) is 0.688. The van der Waals surface area contributed by atoms with Crippen molar-refractivity contribution < 1.29 is 0 Å². The molecule has 3 unspecified atom stereocenters. The maximum absolute atomic E-state index is 4.63. The lowest BCUT2D eigenvalue weighted by molar-refractivity contribution is 0.342. The first-order valence-corrected chi connectivity index (χ1v) is 7.69. The van der Waals surface area contributed by atoms with Gasteiger partial charge in [0.2, 0.25) is 0 Å². The minimum Gasteiger partial charge on any atom is -0.367 e. The lowest BCUT2D eigenvalue weighted by atomic mass is 9.85. The van der Waals surface area contributed by atoms with Gasteiger partial charge in [0.25, 0.3) is 0 Å². The van der Waals surface area contributed by atoms with E-state index in [-0.39, 0.29) is 0 Å². The van der Waals surface area contributed by atoms with Crippen LogP contribution in [0.3, 0.4) is 0 Å². The molecule has 2 fully saturated rings. The number of hydrogen-bond acceptors (Lipinski definition) is 3. The summed E-state index contributed by atoms with van der Waals surface area (Å²) in [6.07, 6.45) is 9.09. The fourth-order valence-corrected chi connectivity index (χ4v) is 3.70. The first kappa shape index (κ1) is 12.9. The molecule has 3 nitrogen and oxygen atoms in total. The monoisotopic (exact) mass is 259 g/mol. The molecule has 104 valence electrons. The van der Waals surface area contributed by atoms with Crippen molar-refractivity contribution in [3.05, 3.63) is 24.0 Å². The van der Waals surface area contributed by atoms with Crippen molar-refractivity contribution in [1.82, 2.24) is 10.3 Å².